The Morgan fingerprint density at radius 2 is 1.70 bits per heavy atom. The Labute approximate surface area is 305 Å². The van der Waals surface area contributed by atoms with Gasteiger partial charge < -0.3 is 24.6 Å². The maximum absolute atomic E-state index is 17.1. The molecule has 1 saturated carbocycles. The van der Waals surface area contributed by atoms with Gasteiger partial charge in [-0.1, -0.05) is 31.2 Å². The summed E-state index contributed by atoms with van der Waals surface area (Å²) >= 11 is 0. The van der Waals surface area contributed by atoms with Gasteiger partial charge in [0.25, 0.3) is 0 Å². The van der Waals surface area contributed by atoms with Crippen molar-refractivity contribution in [3.63, 3.8) is 0 Å². The molecule has 3 aliphatic heterocycles. The number of ether oxygens (including phenoxy) is 3. The number of aryl methyl sites for hydroxylation is 1. The summed E-state index contributed by atoms with van der Waals surface area (Å²) in [5.74, 6) is -2.83. The zero-order valence-corrected chi connectivity index (χ0v) is 29.3. The van der Waals surface area contributed by atoms with E-state index >= 15 is 8.78 Å². The fraction of sp³-hybridized carbons (Fsp3) is 0.541. The van der Waals surface area contributed by atoms with Crippen LogP contribution >= 0.6 is 0 Å². The molecule has 2 aromatic carbocycles. The Kier molecular flexibility index (Phi) is 9.48. The number of piperidine rings is 1. The minimum Gasteiger partial charge on any atom is -0.463 e. The van der Waals surface area contributed by atoms with Crippen LogP contribution < -0.4 is 19.7 Å². The molecule has 3 fully saturated rings. The average Bonchev–Trinajstić information content (AvgIpc) is 3.92. The number of rotatable bonds is 9. The number of halogens is 8. The lowest BCUT2D eigenvalue weighted by atomic mass is 9.98. The number of hydrogen-bond donors (Lipinski definition) is 1. The largest absolute Gasteiger partial charge is 0.573 e. The number of pyridine rings is 1. The Hall–Kier alpha value is -4.09. The number of fused-ring (bicyclic) bond motifs is 3. The highest BCUT2D eigenvalue weighted by molar-refractivity contribution is 6.03. The second-order valence-electron chi connectivity index (χ2n) is 14.8. The Balaban J connectivity index is 1.17. The van der Waals surface area contributed by atoms with E-state index in [1.807, 2.05) is 0 Å². The minimum atomic E-state index is -5.22. The van der Waals surface area contributed by atoms with Gasteiger partial charge in [-0.15, -0.1) is 26.3 Å². The fourth-order valence-electron chi connectivity index (χ4n) is 8.12. The van der Waals surface area contributed by atoms with Gasteiger partial charge in [-0.05, 0) is 56.4 Å². The van der Waals surface area contributed by atoms with Crippen molar-refractivity contribution in [1.29, 1.82) is 0 Å². The fourth-order valence-corrected chi connectivity index (χ4v) is 8.12. The molecule has 1 N–H and O–H groups in total. The zero-order chi connectivity index (χ0) is 38.0. The van der Waals surface area contributed by atoms with E-state index in [4.69, 9.17) is 14.7 Å². The number of piperazine rings is 1. The molecule has 0 bridgehead atoms. The van der Waals surface area contributed by atoms with Crippen LogP contribution in [0.1, 0.15) is 51.1 Å². The SMILES string of the molecule is CC[C@@H]1CN2c3nc(OCC4(CN5CCC(OC(F)(F)F)CC5)CC4)nc4c(F)c(-c5cccc6ccc(F)c(OC(F)(F)F)c56)nc(c34)CC[C@@H]2CN1. The molecule has 17 heteroatoms. The Bertz CT molecular complexity index is 2050. The van der Waals surface area contributed by atoms with Gasteiger partial charge in [0.2, 0.25) is 0 Å². The van der Waals surface area contributed by atoms with Gasteiger partial charge in [0, 0.05) is 61.2 Å². The third kappa shape index (κ3) is 7.46. The lowest BCUT2D eigenvalue weighted by Gasteiger charge is -2.40. The number of likely N-dealkylation sites (tertiary alicyclic amines) is 1. The van der Waals surface area contributed by atoms with Crippen molar-refractivity contribution in [1.82, 2.24) is 25.2 Å². The number of benzene rings is 2. The Morgan fingerprint density at radius 3 is 2.41 bits per heavy atom. The topological polar surface area (TPSA) is 84.9 Å². The molecule has 0 spiro atoms. The lowest BCUT2D eigenvalue weighted by Crippen LogP contribution is -2.56. The molecule has 0 unspecified atom stereocenters. The molecule has 5 heterocycles. The summed E-state index contributed by atoms with van der Waals surface area (Å²) in [6.07, 6.45) is -6.80. The summed E-state index contributed by atoms with van der Waals surface area (Å²) < 4.78 is 126. The van der Waals surface area contributed by atoms with Crippen LogP contribution in [0.15, 0.2) is 30.3 Å². The molecule has 1 aliphatic carbocycles. The van der Waals surface area contributed by atoms with Crippen molar-refractivity contribution in [2.45, 2.75) is 82.8 Å². The standard InChI is InChI=1S/C37H38F8N6O3/c1-2-21-17-51-22(16-46-21)7-9-26-28-31(29(39)30(47-26)24-5-3-4-20-6-8-25(38)32(27(20)24)54-37(43,44)45)48-34(49-33(28)51)52-19-35(12-13-35)18-50-14-10-23(11-15-50)53-36(40,41)42/h3-6,8,21-23,46H,2,7,9-19H2,1H3/t21-,22-/m1/s1. The van der Waals surface area contributed by atoms with E-state index in [1.165, 1.54) is 24.3 Å². The molecular formula is C37H38F8N6O3. The quantitative estimate of drug-likeness (QED) is 0.173. The number of aromatic nitrogens is 3. The molecule has 0 amide bonds. The van der Waals surface area contributed by atoms with Gasteiger partial charge in [0.1, 0.15) is 17.0 Å². The maximum atomic E-state index is 17.1. The predicted molar refractivity (Wildman–Crippen MR) is 182 cm³/mol. The molecule has 54 heavy (non-hydrogen) atoms. The van der Waals surface area contributed by atoms with E-state index < -0.39 is 36.2 Å². The molecular weight excluding hydrogens is 728 g/mol. The molecule has 2 atom stereocenters. The third-order valence-corrected chi connectivity index (χ3v) is 11.1. The molecule has 2 saturated heterocycles. The molecule has 290 valence electrons. The summed E-state index contributed by atoms with van der Waals surface area (Å²) in [7, 11) is 0. The smallest absolute Gasteiger partial charge is 0.463 e. The number of nitrogens with one attached hydrogen (secondary N) is 1. The van der Waals surface area contributed by atoms with Gasteiger partial charge in [0.15, 0.2) is 17.4 Å². The molecule has 4 aromatic rings. The number of anilines is 1. The second kappa shape index (κ2) is 13.9. The van der Waals surface area contributed by atoms with Crippen LogP contribution in [0.3, 0.4) is 0 Å². The highest BCUT2D eigenvalue weighted by atomic mass is 19.4. The van der Waals surface area contributed by atoms with Gasteiger partial charge in [-0.2, -0.15) is 9.97 Å². The van der Waals surface area contributed by atoms with Crippen LogP contribution in [0.4, 0.5) is 40.9 Å². The van der Waals surface area contributed by atoms with Gasteiger partial charge in [-0.3, -0.25) is 4.74 Å². The highest BCUT2D eigenvalue weighted by Crippen LogP contribution is 2.48. The second-order valence-corrected chi connectivity index (χ2v) is 14.8. The first kappa shape index (κ1) is 36.9. The summed E-state index contributed by atoms with van der Waals surface area (Å²) in [4.78, 5) is 18.4. The van der Waals surface area contributed by atoms with E-state index in [-0.39, 0.29) is 70.5 Å². The van der Waals surface area contributed by atoms with Crippen molar-refractivity contribution in [3.8, 4) is 23.0 Å². The van der Waals surface area contributed by atoms with E-state index in [9.17, 15) is 26.3 Å². The molecule has 0 radical (unpaired) electrons. The van der Waals surface area contributed by atoms with Crippen LogP contribution in [0, 0.1) is 17.0 Å². The normalized spacial score (nSPS) is 22.0. The summed E-state index contributed by atoms with van der Waals surface area (Å²) in [5.41, 5.74) is -0.360. The zero-order valence-electron chi connectivity index (χ0n) is 29.3. The summed E-state index contributed by atoms with van der Waals surface area (Å²) in [5, 5.41) is 3.83. The van der Waals surface area contributed by atoms with Crippen LogP contribution in [0.2, 0.25) is 0 Å². The molecule has 2 aromatic heterocycles. The third-order valence-electron chi connectivity index (χ3n) is 11.1. The van der Waals surface area contributed by atoms with Crippen LogP contribution in [-0.2, 0) is 11.2 Å². The van der Waals surface area contributed by atoms with E-state index in [2.05, 4.69) is 36.5 Å². The van der Waals surface area contributed by atoms with Crippen LogP contribution in [0.5, 0.6) is 11.8 Å². The van der Waals surface area contributed by atoms with E-state index in [1.54, 1.807) is 0 Å². The van der Waals surface area contributed by atoms with Gasteiger partial charge in [0.05, 0.1) is 23.8 Å². The van der Waals surface area contributed by atoms with Gasteiger partial charge >= 0.3 is 18.7 Å². The number of hydrogen-bond acceptors (Lipinski definition) is 9. The van der Waals surface area contributed by atoms with E-state index in [0.29, 0.717) is 62.5 Å². The number of nitrogens with zero attached hydrogens (tertiary/aromatic N) is 5. The van der Waals surface area contributed by atoms with Crippen LogP contribution in [-0.4, -0.2) is 90.1 Å². The predicted octanol–water partition coefficient (Wildman–Crippen LogP) is 7.68. The van der Waals surface area contributed by atoms with Crippen molar-refractivity contribution >= 4 is 27.5 Å². The Morgan fingerprint density at radius 1 is 0.926 bits per heavy atom. The summed E-state index contributed by atoms with van der Waals surface area (Å²) in [6.45, 7) is 4.95. The molecule has 4 aliphatic rings. The van der Waals surface area contributed by atoms with Crippen molar-refractivity contribution < 1.29 is 49.3 Å². The number of alkyl halides is 6. The first-order chi connectivity index (χ1) is 25.7. The minimum absolute atomic E-state index is 0.0306. The summed E-state index contributed by atoms with van der Waals surface area (Å²) in [6, 6.07) is 6.54. The average molecular weight is 767 g/mol. The maximum Gasteiger partial charge on any atom is 0.573 e. The van der Waals surface area contributed by atoms with Gasteiger partial charge in [-0.25, -0.2) is 13.8 Å². The van der Waals surface area contributed by atoms with E-state index in [0.717, 1.165) is 25.3 Å². The van der Waals surface area contributed by atoms with Crippen molar-refractivity contribution in [2.24, 2.45) is 5.41 Å². The molecule has 8 rings (SSSR count). The van der Waals surface area contributed by atoms with Crippen molar-refractivity contribution in [3.05, 3.63) is 47.7 Å². The monoisotopic (exact) mass is 766 g/mol. The van der Waals surface area contributed by atoms with Crippen LogP contribution in [0.25, 0.3) is 32.9 Å². The van der Waals surface area contributed by atoms with Crippen molar-refractivity contribution in [2.75, 3.05) is 44.2 Å². The highest BCUT2D eigenvalue weighted by Gasteiger charge is 2.46. The molecule has 9 nitrogen and oxygen atoms in total. The lowest BCUT2D eigenvalue weighted by molar-refractivity contribution is -0.345. The first-order valence-electron chi connectivity index (χ1n) is 18.2. The first-order valence-corrected chi connectivity index (χ1v) is 18.2.